The maximum Gasteiger partial charge on any atom is 0.126 e. The monoisotopic (exact) mass is 206 g/mol. The molecule has 0 N–H and O–H groups in total. The Hall–Kier alpha value is -0.330. The van der Waals surface area contributed by atoms with Gasteiger partial charge in [-0.1, -0.05) is 13.3 Å². The van der Waals surface area contributed by atoms with Crippen LogP contribution in [-0.4, -0.2) is 6.29 Å². The van der Waals surface area contributed by atoms with Crippen LogP contribution < -0.4 is 0 Å². The topological polar surface area (TPSA) is 17.1 Å². The Kier molecular flexibility index (Phi) is 2.19. The molecular weight excluding hydrogens is 184 g/mol. The molecule has 0 heterocycles. The van der Waals surface area contributed by atoms with Crippen LogP contribution >= 0.6 is 0 Å². The lowest BCUT2D eigenvalue weighted by molar-refractivity contribution is -0.120. The Morgan fingerprint density at radius 2 is 2.07 bits per heavy atom. The number of hydrogen-bond donors (Lipinski definition) is 0. The highest BCUT2D eigenvalue weighted by molar-refractivity contribution is 5.61. The second kappa shape index (κ2) is 3.33. The van der Waals surface area contributed by atoms with Crippen molar-refractivity contribution in [2.24, 2.45) is 29.1 Å². The van der Waals surface area contributed by atoms with Crippen LogP contribution in [-0.2, 0) is 4.79 Å². The fourth-order valence-corrected chi connectivity index (χ4v) is 4.85. The van der Waals surface area contributed by atoms with Gasteiger partial charge in [-0.25, -0.2) is 0 Å². The Labute approximate surface area is 92.6 Å². The van der Waals surface area contributed by atoms with Gasteiger partial charge in [0.15, 0.2) is 0 Å². The van der Waals surface area contributed by atoms with Crippen molar-refractivity contribution in [1.82, 2.24) is 0 Å². The highest BCUT2D eigenvalue weighted by Gasteiger charge is 2.52. The summed E-state index contributed by atoms with van der Waals surface area (Å²) in [5.41, 5.74) is 0.110. The van der Waals surface area contributed by atoms with Crippen molar-refractivity contribution in [3.05, 3.63) is 0 Å². The van der Waals surface area contributed by atoms with E-state index in [1.807, 2.05) is 0 Å². The Bertz CT molecular complexity index is 273. The van der Waals surface area contributed by atoms with E-state index in [-0.39, 0.29) is 5.41 Å². The van der Waals surface area contributed by atoms with Crippen molar-refractivity contribution in [3.63, 3.8) is 0 Å². The summed E-state index contributed by atoms with van der Waals surface area (Å²) in [5, 5.41) is 0. The normalized spacial score (nSPS) is 53.7. The third-order valence-electron chi connectivity index (χ3n) is 5.54. The number of carbonyl (C=O) groups is 1. The first-order chi connectivity index (χ1) is 7.23. The lowest BCUT2D eigenvalue weighted by Crippen LogP contribution is -2.33. The zero-order valence-corrected chi connectivity index (χ0v) is 9.74. The Morgan fingerprint density at radius 1 is 1.20 bits per heavy atom. The van der Waals surface area contributed by atoms with Crippen molar-refractivity contribution in [2.45, 2.75) is 51.9 Å². The van der Waals surface area contributed by atoms with Gasteiger partial charge in [-0.05, 0) is 62.2 Å². The maximum absolute atomic E-state index is 11.5. The van der Waals surface area contributed by atoms with Crippen LogP contribution in [0.2, 0.25) is 0 Å². The number of hydrogen-bond acceptors (Lipinski definition) is 1. The van der Waals surface area contributed by atoms with E-state index in [4.69, 9.17) is 0 Å². The highest BCUT2D eigenvalue weighted by Crippen LogP contribution is 2.59. The quantitative estimate of drug-likeness (QED) is 0.633. The molecule has 3 rings (SSSR count). The molecule has 5 atom stereocenters. The van der Waals surface area contributed by atoms with Crippen LogP contribution in [0.3, 0.4) is 0 Å². The predicted octanol–water partition coefficient (Wildman–Crippen LogP) is 3.43. The summed E-state index contributed by atoms with van der Waals surface area (Å²) in [6.45, 7) is 2.32. The van der Waals surface area contributed by atoms with Crippen LogP contribution in [0.25, 0.3) is 0 Å². The van der Waals surface area contributed by atoms with Gasteiger partial charge in [0.05, 0.1) is 0 Å². The lowest BCUT2D eigenvalue weighted by Gasteiger charge is -2.36. The van der Waals surface area contributed by atoms with Gasteiger partial charge in [-0.3, -0.25) is 0 Å². The van der Waals surface area contributed by atoms with E-state index in [9.17, 15) is 4.79 Å². The summed E-state index contributed by atoms with van der Waals surface area (Å²) >= 11 is 0. The van der Waals surface area contributed by atoms with Crippen molar-refractivity contribution in [3.8, 4) is 0 Å². The third-order valence-corrected chi connectivity index (χ3v) is 5.54. The molecule has 3 saturated carbocycles. The summed E-state index contributed by atoms with van der Waals surface area (Å²) in [6.07, 6.45) is 10.7. The summed E-state index contributed by atoms with van der Waals surface area (Å²) in [5.74, 6) is 3.44. The van der Waals surface area contributed by atoms with E-state index in [2.05, 4.69) is 6.92 Å². The fraction of sp³-hybridized carbons (Fsp3) is 0.929. The molecule has 0 saturated heterocycles. The van der Waals surface area contributed by atoms with E-state index in [1.54, 1.807) is 0 Å². The van der Waals surface area contributed by atoms with E-state index in [0.29, 0.717) is 0 Å². The summed E-state index contributed by atoms with van der Waals surface area (Å²) in [4.78, 5) is 11.5. The van der Waals surface area contributed by atoms with Gasteiger partial charge >= 0.3 is 0 Å². The number of aldehydes is 1. The summed E-state index contributed by atoms with van der Waals surface area (Å²) < 4.78 is 0. The number of rotatable bonds is 2. The Morgan fingerprint density at radius 3 is 2.53 bits per heavy atom. The van der Waals surface area contributed by atoms with Gasteiger partial charge in [0, 0.05) is 5.41 Å². The minimum atomic E-state index is 0.110. The van der Waals surface area contributed by atoms with E-state index in [1.165, 1.54) is 51.2 Å². The van der Waals surface area contributed by atoms with E-state index < -0.39 is 0 Å². The summed E-state index contributed by atoms with van der Waals surface area (Å²) in [7, 11) is 0. The van der Waals surface area contributed by atoms with Gasteiger partial charge in [-0.15, -0.1) is 0 Å². The van der Waals surface area contributed by atoms with Gasteiger partial charge in [-0.2, -0.15) is 0 Å². The van der Waals surface area contributed by atoms with Crippen LogP contribution in [0.1, 0.15) is 51.9 Å². The standard InChI is InChI=1S/C14H22O/c1-10-4-5-14(8-10,9-15)13-7-11-2-3-12(13)6-11/h9-13H,2-8H2,1H3. The van der Waals surface area contributed by atoms with Crippen LogP contribution in [0.15, 0.2) is 0 Å². The first-order valence-electron chi connectivity index (χ1n) is 6.70. The average molecular weight is 206 g/mol. The molecule has 3 aliphatic rings. The molecule has 0 amide bonds. The smallest absolute Gasteiger partial charge is 0.126 e. The van der Waals surface area contributed by atoms with Gasteiger partial charge in [0.2, 0.25) is 0 Å². The van der Waals surface area contributed by atoms with Crippen LogP contribution in [0.4, 0.5) is 0 Å². The van der Waals surface area contributed by atoms with Crippen molar-refractivity contribution < 1.29 is 4.79 Å². The molecule has 1 heteroatoms. The van der Waals surface area contributed by atoms with Gasteiger partial charge < -0.3 is 4.79 Å². The second-order valence-corrected chi connectivity index (χ2v) is 6.48. The van der Waals surface area contributed by atoms with E-state index >= 15 is 0 Å². The number of fused-ring (bicyclic) bond motifs is 2. The molecule has 15 heavy (non-hydrogen) atoms. The lowest BCUT2D eigenvalue weighted by atomic mass is 9.67. The SMILES string of the molecule is CC1CCC(C=O)(C2CC3CCC2C3)C1. The molecule has 0 spiro atoms. The highest BCUT2D eigenvalue weighted by atomic mass is 16.1. The molecule has 2 bridgehead atoms. The molecule has 0 aromatic rings. The van der Waals surface area contributed by atoms with Crippen LogP contribution in [0.5, 0.6) is 0 Å². The third kappa shape index (κ3) is 1.38. The fourth-order valence-electron chi connectivity index (χ4n) is 4.85. The van der Waals surface area contributed by atoms with Crippen molar-refractivity contribution in [1.29, 1.82) is 0 Å². The molecule has 0 aromatic heterocycles. The van der Waals surface area contributed by atoms with Gasteiger partial charge in [0.25, 0.3) is 0 Å². The molecule has 1 nitrogen and oxygen atoms in total. The van der Waals surface area contributed by atoms with Gasteiger partial charge in [0.1, 0.15) is 6.29 Å². The van der Waals surface area contributed by atoms with E-state index in [0.717, 1.165) is 23.7 Å². The largest absolute Gasteiger partial charge is 0.303 e. The first kappa shape index (κ1) is 9.86. The summed E-state index contributed by atoms with van der Waals surface area (Å²) in [6, 6.07) is 0. The molecule has 3 aliphatic carbocycles. The zero-order valence-electron chi connectivity index (χ0n) is 9.74. The molecule has 84 valence electrons. The number of carbonyl (C=O) groups excluding carboxylic acids is 1. The molecule has 0 aliphatic heterocycles. The molecular formula is C14H22O. The Balaban J connectivity index is 1.82. The van der Waals surface area contributed by atoms with Crippen molar-refractivity contribution >= 4 is 6.29 Å². The molecule has 0 aromatic carbocycles. The maximum atomic E-state index is 11.5. The van der Waals surface area contributed by atoms with Crippen LogP contribution in [0, 0.1) is 29.1 Å². The second-order valence-electron chi connectivity index (χ2n) is 6.48. The zero-order chi connectivity index (χ0) is 10.5. The minimum absolute atomic E-state index is 0.110. The molecule has 5 unspecified atom stereocenters. The van der Waals surface area contributed by atoms with Crippen molar-refractivity contribution in [2.75, 3.05) is 0 Å². The molecule has 0 radical (unpaired) electrons. The average Bonchev–Trinajstić information content (AvgIpc) is 2.91. The predicted molar refractivity (Wildman–Crippen MR) is 60.5 cm³/mol. The first-order valence-corrected chi connectivity index (χ1v) is 6.70. The minimum Gasteiger partial charge on any atom is -0.303 e. The molecule has 3 fully saturated rings.